The third-order valence-corrected chi connectivity index (χ3v) is 5.77. The number of pyridine rings is 2. The van der Waals surface area contributed by atoms with Crippen molar-refractivity contribution < 1.29 is 14.6 Å². The van der Waals surface area contributed by atoms with Gasteiger partial charge in [0, 0.05) is 21.3 Å². The first-order valence-electron chi connectivity index (χ1n) is 9.52. The Bertz CT molecular complexity index is 1380. The van der Waals surface area contributed by atoms with E-state index in [1.807, 2.05) is 65.3 Å². The normalized spacial score (nSPS) is 11.8. The minimum atomic E-state index is -0.731. The fourth-order valence-electron chi connectivity index (χ4n) is 3.19. The van der Waals surface area contributed by atoms with Gasteiger partial charge in [0.05, 0.1) is 25.2 Å². The Kier molecular flexibility index (Phi) is 6.69. The molecular weight excluding hydrogens is 540 g/mol. The number of hydrogen-bond donors (Lipinski definition) is 1. The molecule has 1 N–H and O–H groups in total. The second kappa shape index (κ2) is 9.64. The zero-order valence-electron chi connectivity index (χ0n) is 16.9. The van der Waals surface area contributed by atoms with Crippen molar-refractivity contribution >= 4 is 49.4 Å². The number of carbonyl (C=O) groups excluding carboxylic acids is 1. The quantitative estimate of drug-likeness (QED) is 0.311. The third-order valence-electron chi connectivity index (χ3n) is 4.83. The van der Waals surface area contributed by atoms with Crippen molar-refractivity contribution in [1.82, 2.24) is 18.8 Å². The van der Waals surface area contributed by atoms with Crippen LogP contribution in [0.2, 0.25) is 0 Å². The summed E-state index contributed by atoms with van der Waals surface area (Å²) in [5, 5.41) is 10.5. The van der Waals surface area contributed by atoms with Crippen LogP contribution in [-0.4, -0.2) is 37.3 Å². The largest absolute Gasteiger partial charge is 0.497 e. The summed E-state index contributed by atoms with van der Waals surface area (Å²) in [4.78, 5) is 18.9. The van der Waals surface area contributed by atoms with E-state index in [4.69, 9.17) is 4.74 Å². The number of aliphatic hydroxyl groups is 1. The van der Waals surface area contributed by atoms with Gasteiger partial charge >= 0.3 is 0 Å². The zero-order valence-corrected chi connectivity index (χ0v) is 20.1. The topological polar surface area (TPSA) is 81.1 Å². The molecule has 9 heteroatoms. The zero-order chi connectivity index (χ0) is 22.7. The van der Waals surface area contributed by atoms with E-state index in [0.29, 0.717) is 5.69 Å². The van der Waals surface area contributed by atoms with Crippen molar-refractivity contribution in [2.45, 2.75) is 6.10 Å². The first-order chi connectivity index (χ1) is 15.5. The molecule has 4 heterocycles. The Morgan fingerprint density at radius 3 is 2.12 bits per heavy atom. The molecule has 0 aliphatic carbocycles. The molecule has 32 heavy (non-hydrogen) atoms. The van der Waals surface area contributed by atoms with E-state index < -0.39 is 6.10 Å². The van der Waals surface area contributed by atoms with E-state index in [2.05, 4.69) is 41.8 Å². The van der Waals surface area contributed by atoms with Crippen molar-refractivity contribution in [3.8, 4) is 5.75 Å². The minimum absolute atomic E-state index is 0.561. The Morgan fingerprint density at radius 2 is 1.50 bits per heavy atom. The Labute approximate surface area is 200 Å². The molecule has 1 atom stereocenters. The lowest BCUT2D eigenvalue weighted by molar-refractivity contribution is 0.111. The Hall–Kier alpha value is -3.01. The van der Waals surface area contributed by atoms with Gasteiger partial charge in [-0.1, -0.05) is 12.1 Å². The summed E-state index contributed by atoms with van der Waals surface area (Å²) in [7, 11) is 1.62. The summed E-state index contributed by atoms with van der Waals surface area (Å²) in [5.41, 5.74) is 3.67. The summed E-state index contributed by atoms with van der Waals surface area (Å²) >= 11 is 6.74. The monoisotopic (exact) mass is 556 g/mol. The van der Waals surface area contributed by atoms with Crippen LogP contribution in [0.5, 0.6) is 5.75 Å². The van der Waals surface area contributed by atoms with Crippen molar-refractivity contribution in [2.24, 2.45) is 0 Å². The van der Waals surface area contributed by atoms with Crippen molar-refractivity contribution in [3.05, 3.63) is 99.2 Å². The summed E-state index contributed by atoms with van der Waals surface area (Å²) < 4.78 is 10.6. The molecule has 0 aliphatic heterocycles. The van der Waals surface area contributed by atoms with Gasteiger partial charge in [-0.15, -0.1) is 0 Å². The lowest BCUT2D eigenvalue weighted by Gasteiger charge is -2.11. The van der Waals surface area contributed by atoms with E-state index >= 15 is 0 Å². The fourth-order valence-corrected chi connectivity index (χ4v) is 3.87. The van der Waals surface area contributed by atoms with Crippen LogP contribution >= 0.6 is 31.9 Å². The third kappa shape index (κ3) is 4.59. The van der Waals surface area contributed by atoms with Gasteiger partial charge in [-0.25, -0.2) is 9.97 Å². The highest BCUT2D eigenvalue weighted by Gasteiger charge is 2.15. The molecule has 0 amide bonds. The fraction of sp³-hybridized carbons (Fsp3) is 0.0870. The molecule has 0 saturated carbocycles. The second-order valence-corrected chi connectivity index (χ2v) is 8.64. The molecule has 1 aromatic carbocycles. The Balaban J connectivity index is 0.000000174. The number of benzene rings is 1. The number of methoxy groups -OCH3 is 1. The number of aldehydes is 1. The Morgan fingerprint density at radius 1 is 0.906 bits per heavy atom. The maximum atomic E-state index is 10.5. The number of ether oxygens (including phenoxy) is 1. The van der Waals surface area contributed by atoms with E-state index in [-0.39, 0.29) is 0 Å². The number of halogens is 2. The molecule has 0 fully saturated rings. The molecule has 1 unspecified atom stereocenters. The van der Waals surface area contributed by atoms with Gasteiger partial charge in [0.25, 0.3) is 0 Å². The summed E-state index contributed by atoms with van der Waals surface area (Å²) in [6.45, 7) is 0. The molecule has 0 bridgehead atoms. The molecule has 4 aromatic heterocycles. The molecular formula is C23H18Br2N4O3. The van der Waals surface area contributed by atoms with Crippen LogP contribution in [0.4, 0.5) is 0 Å². The maximum absolute atomic E-state index is 10.5. The van der Waals surface area contributed by atoms with Gasteiger partial charge in [-0.2, -0.15) is 0 Å². The van der Waals surface area contributed by atoms with Gasteiger partial charge in [-0.05, 0) is 73.8 Å². The van der Waals surface area contributed by atoms with E-state index in [1.165, 1.54) is 0 Å². The first kappa shape index (κ1) is 22.2. The molecule has 7 nitrogen and oxygen atoms in total. The maximum Gasteiger partial charge on any atom is 0.168 e. The minimum Gasteiger partial charge on any atom is -0.497 e. The summed E-state index contributed by atoms with van der Waals surface area (Å²) in [6, 6.07) is 14.9. The van der Waals surface area contributed by atoms with E-state index in [0.717, 1.165) is 43.5 Å². The molecule has 0 spiro atoms. The number of aliphatic hydroxyl groups excluding tert-OH is 1. The van der Waals surface area contributed by atoms with E-state index in [1.54, 1.807) is 23.9 Å². The number of imidazole rings is 2. The SMILES string of the molecule is COc1ccc(C(O)c2cnc3ccc(Br)cn23)cc1.O=Cc1cnc2ccc(Br)cn12. The molecule has 5 aromatic rings. The van der Waals surface area contributed by atoms with Gasteiger partial charge in [-0.3, -0.25) is 13.6 Å². The number of fused-ring (bicyclic) bond motifs is 2. The van der Waals surface area contributed by atoms with Crippen LogP contribution in [0, 0.1) is 0 Å². The average molecular weight is 558 g/mol. The van der Waals surface area contributed by atoms with Crippen LogP contribution in [0.15, 0.2) is 82.3 Å². The molecule has 162 valence electrons. The second-order valence-electron chi connectivity index (χ2n) is 6.81. The highest BCUT2D eigenvalue weighted by molar-refractivity contribution is 9.10. The van der Waals surface area contributed by atoms with Gasteiger partial charge in [0.15, 0.2) is 6.29 Å². The lowest BCUT2D eigenvalue weighted by atomic mass is 10.1. The highest BCUT2D eigenvalue weighted by atomic mass is 79.9. The van der Waals surface area contributed by atoms with Crippen LogP contribution in [0.25, 0.3) is 11.3 Å². The van der Waals surface area contributed by atoms with Crippen LogP contribution in [-0.2, 0) is 0 Å². The molecule has 0 saturated heterocycles. The van der Waals surface area contributed by atoms with Crippen molar-refractivity contribution in [2.75, 3.05) is 7.11 Å². The smallest absolute Gasteiger partial charge is 0.168 e. The van der Waals surface area contributed by atoms with Gasteiger partial charge < -0.3 is 9.84 Å². The van der Waals surface area contributed by atoms with Crippen LogP contribution in [0.1, 0.15) is 27.8 Å². The van der Waals surface area contributed by atoms with Crippen molar-refractivity contribution in [3.63, 3.8) is 0 Å². The average Bonchev–Trinajstić information content (AvgIpc) is 3.42. The van der Waals surface area contributed by atoms with Crippen molar-refractivity contribution in [1.29, 1.82) is 0 Å². The van der Waals surface area contributed by atoms with Gasteiger partial charge in [0.2, 0.25) is 0 Å². The van der Waals surface area contributed by atoms with Crippen LogP contribution < -0.4 is 4.74 Å². The predicted molar refractivity (Wildman–Crippen MR) is 128 cm³/mol. The summed E-state index contributed by atoms with van der Waals surface area (Å²) in [6.07, 6.45) is 7.00. The lowest BCUT2D eigenvalue weighted by Crippen LogP contribution is -2.03. The summed E-state index contributed by atoms with van der Waals surface area (Å²) in [5.74, 6) is 0.766. The standard InChI is InChI=1S/C15H13BrN2O2.C8H5BrN2O/c1-20-12-5-2-10(3-6-12)15(19)13-8-17-14-7-4-11(16)9-18(13)14;9-6-1-2-8-10-3-7(5-12)11(8)4-6/h2-9,15,19H,1H3;1-5H. The molecule has 5 rings (SSSR count). The number of hydrogen-bond acceptors (Lipinski definition) is 5. The molecule has 0 aliphatic rings. The predicted octanol–water partition coefficient (Wildman–Crippen LogP) is 5.10. The number of carbonyl (C=O) groups is 1. The van der Waals surface area contributed by atoms with Gasteiger partial charge in [0.1, 0.15) is 28.8 Å². The number of aromatic nitrogens is 4. The van der Waals surface area contributed by atoms with Crippen LogP contribution in [0.3, 0.4) is 0 Å². The molecule has 0 radical (unpaired) electrons. The number of rotatable bonds is 4. The first-order valence-corrected chi connectivity index (χ1v) is 11.1. The number of nitrogens with zero attached hydrogens (tertiary/aromatic N) is 4. The highest BCUT2D eigenvalue weighted by Crippen LogP contribution is 2.25. The van der Waals surface area contributed by atoms with E-state index in [9.17, 15) is 9.90 Å².